The van der Waals surface area contributed by atoms with Crippen molar-refractivity contribution in [2.24, 2.45) is 0 Å². The van der Waals surface area contributed by atoms with Crippen molar-refractivity contribution in [2.45, 2.75) is 27.2 Å². The number of carbonyl (C=O) groups is 1. The Morgan fingerprint density at radius 1 is 1.17 bits per heavy atom. The SMILES string of the molecule is COc1ccc(-c2nc(NC(=O)Cc3noc4ccc(C)cc34)sc2C)cc1C. The summed E-state index contributed by atoms with van der Waals surface area (Å²) in [6.45, 7) is 5.99. The second-order valence-electron chi connectivity index (χ2n) is 6.96. The number of nitrogens with one attached hydrogen (secondary N) is 1. The highest BCUT2D eigenvalue weighted by Crippen LogP contribution is 2.33. The number of hydrogen-bond donors (Lipinski definition) is 1. The van der Waals surface area contributed by atoms with Gasteiger partial charge >= 0.3 is 0 Å². The first-order valence-corrected chi connectivity index (χ1v) is 10.0. The number of aryl methyl sites for hydroxylation is 3. The van der Waals surface area contributed by atoms with Crippen molar-refractivity contribution in [3.63, 3.8) is 0 Å². The van der Waals surface area contributed by atoms with Gasteiger partial charge < -0.3 is 14.6 Å². The van der Waals surface area contributed by atoms with Crippen LogP contribution in [0.15, 0.2) is 40.9 Å². The van der Waals surface area contributed by atoms with Gasteiger partial charge in [0.1, 0.15) is 11.4 Å². The van der Waals surface area contributed by atoms with Crippen LogP contribution >= 0.6 is 11.3 Å². The molecular formula is C22H21N3O3S. The number of benzene rings is 2. The van der Waals surface area contributed by atoms with Crippen molar-refractivity contribution in [2.75, 3.05) is 12.4 Å². The summed E-state index contributed by atoms with van der Waals surface area (Å²) in [6, 6.07) is 11.7. The van der Waals surface area contributed by atoms with E-state index >= 15 is 0 Å². The van der Waals surface area contributed by atoms with Crippen molar-refractivity contribution in [3.05, 3.63) is 58.1 Å². The van der Waals surface area contributed by atoms with E-state index < -0.39 is 0 Å². The van der Waals surface area contributed by atoms with Crippen LogP contribution in [0.4, 0.5) is 5.13 Å². The van der Waals surface area contributed by atoms with Crippen molar-refractivity contribution >= 4 is 33.3 Å². The molecule has 0 atom stereocenters. The lowest BCUT2D eigenvalue weighted by atomic mass is 10.1. The number of fused-ring (bicyclic) bond motifs is 1. The number of thiazole rings is 1. The molecule has 0 aliphatic rings. The minimum absolute atomic E-state index is 0.131. The standard InChI is InChI=1S/C22H21N3O3S/c1-12-5-7-19-16(9-12)17(25-28-19)11-20(26)23-22-24-21(14(3)29-22)15-6-8-18(27-4)13(2)10-15/h5-10H,11H2,1-4H3,(H,23,24,26). The van der Waals surface area contributed by atoms with Gasteiger partial charge in [-0.15, -0.1) is 11.3 Å². The molecule has 0 aliphatic heterocycles. The highest BCUT2D eigenvalue weighted by atomic mass is 32.1. The molecule has 2 aromatic carbocycles. The van der Waals surface area contributed by atoms with Gasteiger partial charge in [0.25, 0.3) is 0 Å². The van der Waals surface area contributed by atoms with Crippen LogP contribution in [0.3, 0.4) is 0 Å². The first-order valence-electron chi connectivity index (χ1n) is 9.22. The first kappa shape index (κ1) is 19.1. The fourth-order valence-corrected chi connectivity index (χ4v) is 4.14. The Labute approximate surface area is 172 Å². The van der Waals surface area contributed by atoms with Gasteiger partial charge in [-0.1, -0.05) is 16.8 Å². The third-order valence-electron chi connectivity index (χ3n) is 4.74. The number of aromatic nitrogens is 2. The second-order valence-corrected chi connectivity index (χ2v) is 8.17. The first-order chi connectivity index (χ1) is 13.9. The van der Waals surface area contributed by atoms with Gasteiger partial charge in [0.05, 0.1) is 19.2 Å². The Bertz CT molecular complexity index is 1210. The quantitative estimate of drug-likeness (QED) is 0.500. The minimum atomic E-state index is -0.173. The number of ether oxygens (including phenoxy) is 1. The Morgan fingerprint density at radius 2 is 2.00 bits per heavy atom. The van der Waals surface area contributed by atoms with Gasteiger partial charge in [-0.2, -0.15) is 0 Å². The van der Waals surface area contributed by atoms with Crippen LogP contribution in [-0.2, 0) is 11.2 Å². The largest absolute Gasteiger partial charge is 0.496 e. The maximum absolute atomic E-state index is 12.6. The van der Waals surface area contributed by atoms with Crippen molar-refractivity contribution < 1.29 is 14.1 Å². The number of amides is 1. The van der Waals surface area contributed by atoms with E-state index in [1.165, 1.54) is 11.3 Å². The molecule has 148 valence electrons. The van der Waals surface area contributed by atoms with Gasteiger partial charge in [-0.05, 0) is 56.7 Å². The van der Waals surface area contributed by atoms with Gasteiger partial charge in [-0.25, -0.2) is 4.98 Å². The molecule has 0 saturated carbocycles. The van der Waals surface area contributed by atoms with Crippen LogP contribution in [-0.4, -0.2) is 23.2 Å². The maximum Gasteiger partial charge on any atom is 0.232 e. The average Bonchev–Trinajstić information content (AvgIpc) is 3.24. The summed E-state index contributed by atoms with van der Waals surface area (Å²) >= 11 is 1.45. The predicted octanol–water partition coefficient (Wildman–Crippen LogP) is 5.07. The average molecular weight is 407 g/mol. The Morgan fingerprint density at radius 3 is 2.76 bits per heavy atom. The molecule has 0 aliphatic carbocycles. The van der Waals surface area contributed by atoms with E-state index in [4.69, 9.17) is 9.26 Å². The third kappa shape index (κ3) is 3.86. The molecule has 0 spiro atoms. The van der Waals surface area contributed by atoms with E-state index in [9.17, 15) is 4.79 Å². The molecule has 0 fully saturated rings. The van der Waals surface area contributed by atoms with Crippen molar-refractivity contribution in [3.8, 4) is 17.0 Å². The lowest BCUT2D eigenvalue weighted by molar-refractivity contribution is -0.115. The zero-order chi connectivity index (χ0) is 20.5. The summed E-state index contributed by atoms with van der Waals surface area (Å²) in [4.78, 5) is 18.2. The Kier molecular flexibility index (Phi) is 5.07. The second kappa shape index (κ2) is 7.67. The van der Waals surface area contributed by atoms with Crippen molar-refractivity contribution in [1.82, 2.24) is 10.1 Å². The molecule has 1 N–H and O–H groups in total. The lowest BCUT2D eigenvalue weighted by Gasteiger charge is -2.06. The number of carbonyl (C=O) groups excluding carboxylic acids is 1. The summed E-state index contributed by atoms with van der Waals surface area (Å²) in [5.74, 6) is 0.665. The fourth-order valence-electron chi connectivity index (χ4n) is 3.29. The molecule has 1 amide bonds. The van der Waals surface area contributed by atoms with E-state index in [-0.39, 0.29) is 12.3 Å². The molecule has 0 saturated heterocycles. The van der Waals surface area contributed by atoms with Crippen LogP contribution in [0, 0.1) is 20.8 Å². The van der Waals surface area contributed by atoms with Gasteiger partial charge in [0.15, 0.2) is 10.7 Å². The molecule has 7 heteroatoms. The molecule has 29 heavy (non-hydrogen) atoms. The molecule has 0 bridgehead atoms. The zero-order valence-electron chi connectivity index (χ0n) is 16.7. The van der Waals surface area contributed by atoms with Crippen LogP contribution in [0.25, 0.3) is 22.2 Å². The molecule has 0 radical (unpaired) electrons. The molecule has 2 heterocycles. The molecule has 4 rings (SSSR count). The van der Waals surface area contributed by atoms with Crippen LogP contribution in [0.5, 0.6) is 5.75 Å². The number of rotatable bonds is 5. The monoisotopic (exact) mass is 407 g/mol. The normalized spacial score (nSPS) is 11.0. The highest BCUT2D eigenvalue weighted by Gasteiger charge is 2.16. The summed E-state index contributed by atoms with van der Waals surface area (Å²) < 4.78 is 10.6. The molecular weight excluding hydrogens is 386 g/mol. The van der Waals surface area contributed by atoms with E-state index in [1.807, 2.05) is 57.2 Å². The topological polar surface area (TPSA) is 77.2 Å². The van der Waals surface area contributed by atoms with E-state index in [1.54, 1.807) is 7.11 Å². The van der Waals surface area contributed by atoms with E-state index in [0.29, 0.717) is 16.4 Å². The Hall–Kier alpha value is -3.19. The minimum Gasteiger partial charge on any atom is -0.496 e. The number of hydrogen-bond acceptors (Lipinski definition) is 6. The van der Waals surface area contributed by atoms with Crippen molar-refractivity contribution in [1.29, 1.82) is 0 Å². The van der Waals surface area contributed by atoms with E-state index in [2.05, 4.69) is 15.5 Å². The number of anilines is 1. The summed E-state index contributed by atoms with van der Waals surface area (Å²) in [5, 5.41) is 8.37. The van der Waals surface area contributed by atoms with Gasteiger partial charge in [0, 0.05) is 15.8 Å². The number of methoxy groups -OCH3 is 1. The molecule has 4 aromatic rings. The van der Waals surface area contributed by atoms with Crippen LogP contribution in [0.1, 0.15) is 21.7 Å². The molecule has 6 nitrogen and oxygen atoms in total. The lowest BCUT2D eigenvalue weighted by Crippen LogP contribution is -2.14. The van der Waals surface area contributed by atoms with E-state index in [0.717, 1.165) is 38.4 Å². The van der Waals surface area contributed by atoms with Crippen LogP contribution < -0.4 is 10.1 Å². The summed E-state index contributed by atoms with van der Waals surface area (Å²) in [7, 11) is 1.66. The van der Waals surface area contributed by atoms with Crippen LogP contribution in [0.2, 0.25) is 0 Å². The maximum atomic E-state index is 12.6. The van der Waals surface area contributed by atoms with Gasteiger partial charge in [0.2, 0.25) is 5.91 Å². The summed E-state index contributed by atoms with van der Waals surface area (Å²) in [5.41, 5.74) is 5.30. The molecule has 0 unspecified atom stereocenters. The predicted molar refractivity (Wildman–Crippen MR) is 115 cm³/mol. The summed E-state index contributed by atoms with van der Waals surface area (Å²) in [6.07, 6.45) is 0.131. The molecule has 2 aromatic heterocycles. The Balaban J connectivity index is 1.52. The fraction of sp³-hybridized carbons (Fsp3) is 0.227. The zero-order valence-corrected chi connectivity index (χ0v) is 17.5. The smallest absolute Gasteiger partial charge is 0.232 e. The third-order valence-corrected chi connectivity index (χ3v) is 5.63. The number of nitrogens with zero attached hydrogens (tertiary/aromatic N) is 2. The highest BCUT2D eigenvalue weighted by molar-refractivity contribution is 7.16. The van der Waals surface area contributed by atoms with Gasteiger partial charge in [-0.3, -0.25) is 4.79 Å².